The molecule has 0 aliphatic carbocycles. The van der Waals surface area contributed by atoms with Crippen LogP contribution in [-0.2, 0) is 10.8 Å². The molecule has 0 unspecified atom stereocenters. The third-order valence-electron chi connectivity index (χ3n) is 6.45. The van der Waals surface area contributed by atoms with Crippen LogP contribution >= 0.6 is 11.8 Å². The Bertz CT molecular complexity index is 495. The molecule has 0 fully saturated rings. The van der Waals surface area contributed by atoms with Gasteiger partial charge in [0.05, 0.1) is 0 Å². The summed E-state index contributed by atoms with van der Waals surface area (Å²) in [6.07, 6.45) is 8.20. The fourth-order valence-corrected chi connectivity index (χ4v) is 5.29. The number of aliphatic hydroxyl groups is 4. The van der Waals surface area contributed by atoms with Crippen LogP contribution < -0.4 is 0 Å². The molecule has 0 aliphatic rings. The molecule has 0 saturated carbocycles. The number of aliphatic hydroxyl groups excluding tert-OH is 4. The Morgan fingerprint density at radius 3 is 1.00 bits per heavy atom. The van der Waals surface area contributed by atoms with E-state index in [-0.39, 0.29) is 48.1 Å². The largest absolute Gasteiger partial charge is 0.396 e. The smallest absolute Gasteiger partial charge is 0.0482 e. The van der Waals surface area contributed by atoms with Crippen LogP contribution in [0.1, 0.15) is 107 Å². The van der Waals surface area contributed by atoms with Gasteiger partial charge >= 0.3 is 0 Å². The first-order valence-electron chi connectivity index (χ1n) is 13.6. The van der Waals surface area contributed by atoms with Crippen LogP contribution in [0.4, 0.5) is 0 Å². The van der Waals surface area contributed by atoms with Crippen LogP contribution in [0, 0.1) is 21.7 Å². The standard InChI is InChI=1S/C14H30O3S.C14H30O2S.H2O2/c1-13(2,11-15)7-5-9-18(17)10-6-8-14(3,4)12-16;1-13(2,11-15)7-5-9-17-10-6-8-14(3,4)12-16;1-2/h15-16H,5-12H2,1-4H3;15-16H,5-12H2,1-4H3;1-2H. The molecule has 0 heterocycles. The summed E-state index contributed by atoms with van der Waals surface area (Å²) in [5.74, 6) is 3.82. The van der Waals surface area contributed by atoms with Gasteiger partial charge in [-0.3, -0.25) is 14.7 Å². The quantitative estimate of drug-likeness (QED) is 0.0621. The highest BCUT2D eigenvalue weighted by atomic mass is 32.2. The molecule has 0 saturated heterocycles. The van der Waals surface area contributed by atoms with Crippen molar-refractivity contribution in [1.82, 2.24) is 0 Å². The van der Waals surface area contributed by atoms with Crippen molar-refractivity contribution in [2.45, 2.75) is 107 Å². The molecule has 7 nitrogen and oxygen atoms in total. The first-order valence-corrected chi connectivity index (χ1v) is 16.3. The highest BCUT2D eigenvalue weighted by Crippen LogP contribution is 2.25. The van der Waals surface area contributed by atoms with Gasteiger partial charge < -0.3 is 20.4 Å². The summed E-state index contributed by atoms with van der Waals surface area (Å²) in [6, 6.07) is 0. The van der Waals surface area contributed by atoms with Crippen molar-refractivity contribution in [2.24, 2.45) is 21.7 Å². The van der Waals surface area contributed by atoms with Crippen molar-refractivity contribution in [3.05, 3.63) is 0 Å². The molecule has 228 valence electrons. The average Bonchev–Trinajstić information content (AvgIpc) is 2.84. The Morgan fingerprint density at radius 2 is 0.757 bits per heavy atom. The minimum Gasteiger partial charge on any atom is -0.396 e. The molecule has 37 heavy (non-hydrogen) atoms. The molecule has 0 aromatic heterocycles. The van der Waals surface area contributed by atoms with Crippen molar-refractivity contribution < 1.29 is 35.1 Å². The zero-order chi connectivity index (χ0) is 29.6. The van der Waals surface area contributed by atoms with E-state index in [0.29, 0.717) is 0 Å². The summed E-state index contributed by atoms with van der Waals surface area (Å²) in [7, 11) is -0.757. The Morgan fingerprint density at radius 1 is 0.514 bits per heavy atom. The highest BCUT2D eigenvalue weighted by molar-refractivity contribution is 7.99. The summed E-state index contributed by atoms with van der Waals surface area (Å²) >= 11 is 1.99. The Kier molecular flexibility index (Phi) is 26.0. The third kappa shape index (κ3) is 29.1. The van der Waals surface area contributed by atoms with Crippen LogP contribution in [0.5, 0.6) is 0 Å². The molecule has 0 aliphatic heterocycles. The lowest BCUT2D eigenvalue weighted by Gasteiger charge is -2.22. The molecular weight excluding hydrogens is 512 g/mol. The van der Waals surface area contributed by atoms with Gasteiger partial charge in [-0.1, -0.05) is 55.4 Å². The van der Waals surface area contributed by atoms with Crippen molar-refractivity contribution in [1.29, 1.82) is 0 Å². The van der Waals surface area contributed by atoms with Crippen molar-refractivity contribution in [3.8, 4) is 0 Å². The normalized spacial score (nSPS) is 12.6. The van der Waals surface area contributed by atoms with Gasteiger partial charge in [0.1, 0.15) is 0 Å². The highest BCUT2D eigenvalue weighted by Gasteiger charge is 2.18. The van der Waals surface area contributed by atoms with E-state index in [2.05, 4.69) is 27.7 Å². The maximum absolute atomic E-state index is 11.8. The maximum Gasteiger partial charge on any atom is 0.0482 e. The van der Waals surface area contributed by atoms with E-state index in [1.165, 1.54) is 24.3 Å². The molecular formula is C28H62O7S2. The van der Waals surface area contributed by atoms with Crippen molar-refractivity contribution in [3.63, 3.8) is 0 Å². The Labute approximate surface area is 235 Å². The Balaban J connectivity index is -0.000000586. The predicted octanol–water partition coefficient (Wildman–Crippen LogP) is 5.67. The minimum absolute atomic E-state index is 0.0525. The van der Waals surface area contributed by atoms with Crippen LogP contribution in [0.25, 0.3) is 0 Å². The van der Waals surface area contributed by atoms with Gasteiger partial charge in [0, 0.05) is 48.7 Å². The van der Waals surface area contributed by atoms with E-state index in [1.807, 2.05) is 39.5 Å². The molecule has 0 aromatic rings. The zero-order valence-corrected chi connectivity index (χ0v) is 26.9. The van der Waals surface area contributed by atoms with Crippen molar-refractivity contribution in [2.75, 3.05) is 49.4 Å². The summed E-state index contributed by atoms with van der Waals surface area (Å²) < 4.78 is 11.8. The van der Waals surface area contributed by atoms with Gasteiger partial charge in [-0.15, -0.1) is 0 Å². The summed E-state index contributed by atoms with van der Waals surface area (Å²) in [6.45, 7) is 17.5. The lowest BCUT2D eigenvalue weighted by molar-refractivity contribution is -0.176. The SMILES string of the molecule is CC(C)(CO)CCCS(=O)CCCC(C)(C)CO.CC(C)(CO)CCCSCCCC(C)(C)CO.OO. The van der Waals surface area contributed by atoms with E-state index in [0.717, 1.165) is 50.0 Å². The maximum atomic E-state index is 11.8. The molecule has 0 aromatic carbocycles. The first-order chi connectivity index (χ1) is 17.1. The van der Waals surface area contributed by atoms with E-state index in [1.54, 1.807) is 0 Å². The van der Waals surface area contributed by atoms with Gasteiger partial charge in [0.2, 0.25) is 0 Å². The number of thioether (sulfide) groups is 1. The third-order valence-corrected chi connectivity index (χ3v) is 9.09. The monoisotopic (exact) mass is 574 g/mol. The van der Waals surface area contributed by atoms with Crippen LogP contribution in [-0.4, -0.2) is 84.6 Å². The lowest BCUT2D eigenvalue weighted by Crippen LogP contribution is -2.19. The van der Waals surface area contributed by atoms with Gasteiger partial charge in [0.15, 0.2) is 0 Å². The van der Waals surface area contributed by atoms with E-state index in [9.17, 15) is 4.21 Å². The molecule has 0 spiro atoms. The molecule has 6 N–H and O–H groups in total. The lowest BCUT2D eigenvalue weighted by atomic mass is 9.89. The minimum atomic E-state index is -0.757. The predicted molar refractivity (Wildman–Crippen MR) is 161 cm³/mol. The molecule has 0 atom stereocenters. The van der Waals surface area contributed by atoms with Gasteiger partial charge in [-0.25, -0.2) is 0 Å². The summed E-state index contributed by atoms with van der Waals surface area (Å²) in [5, 5.41) is 48.5. The molecule has 0 radical (unpaired) electrons. The molecule has 0 rings (SSSR count). The van der Waals surface area contributed by atoms with Crippen molar-refractivity contribution >= 4 is 22.6 Å². The van der Waals surface area contributed by atoms with Crippen LogP contribution in [0.2, 0.25) is 0 Å². The van der Waals surface area contributed by atoms with Crippen LogP contribution in [0.15, 0.2) is 0 Å². The molecule has 0 bridgehead atoms. The number of hydrogen-bond acceptors (Lipinski definition) is 8. The summed E-state index contributed by atoms with van der Waals surface area (Å²) in [4.78, 5) is 0. The van der Waals surface area contributed by atoms with Crippen LogP contribution in [0.3, 0.4) is 0 Å². The van der Waals surface area contributed by atoms with E-state index in [4.69, 9.17) is 30.9 Å². The molecule has 0 amide bonds. The van der Waals surface area contributed by atoms with Gasteiger partial charge in [-0.2, -0.15) is 11.8 Å². The summed E-state index contributed by atoms with van der Waals surface area (Å²) in [5.41, 5.74) is 0.0606. The number of hydrogen-bond donors (Lipinski definition) is 6. The average molecular weight is 575 g/mol. The van der Waals surface area contributed by atoms with E-state index >= 15 is 0 Å². The first kappa shape index (κ1) is 41.7. The van der Waals surface area contributed by atoms with Gasteiger partial charge in [-0.05, 0) is 84.5 Å². The Hall–Kier alpha value is 0.260. The number of rotatable bonds is 20. The molecule has 9 heteroatoms. The fraction of sp³-hybridized carbons (Fsp3) is 1.00. The van der Waals surface area contributed by atoms with Gasteiger partial charge in [0.25, 0.3) is 0 Å². The second-order valence-corrected chi connectivity index (χ2v) is 16.1. The fourth-order valence-electron chi connectivity index (χ4n) is 3.25. The topological polar surface area (TPSA) is 138 Å². The second-order valence-electron chi connectivity index (χ2n) is 13.2. The second kappa shape index (κ2) is 23.0. The van der Waals surface area contributed by atoms with E-state index < -0.39 is 10.8 Å². The zero-order valence-electron chi connectivity index (χ0n) is 25.2.